The number of nitrogens with two attached hydrogens (primary N) is 1. The fourth-order valence-corrected chi connectivity index (χ4v) is 3.10. The van der Waals surface area contributed by atoms with Gasteiger partial charge in [0.05, 0.1) is 17.3 Å². The quantitative estimate of drug-likeness (QED) is 0.858. The summed E-state index contributed by atoms with van der Waals surface area (Å²) in [5.41, 5.74) is 6.89. The number of ether oxygens (including phenoxy) is 1. The maximum Gasteiger partial charge on any atom is 0.0985 e. The summed E-state index contributed by atoms with van der Waals surface area (Å²) in [6.45, 7) is 4.50. The fourth-order valence-electron chi connectivity index (χ4n) is 1.95. The van der Waals surface area contributed by atoms with Gasteiger partial charge in [-0.25, -0.2) is 4.98 Å². The molecule has 0 aliphatic carbocycles. The molecule has 1 fully saturated rings. The van der Waals surface area contributed by atoms with Crippen molar-refractivity contribution in [3.8, 4) is 0 Å². The molecule has 2 N–H and O–H groups in total. The first-order valence-electron chi connectivity index (χ1n) is 5.61. The minimum Gasteiger partial charge on any atom is -0.381 e. The summed E-state index contributed by atoms with van der Waals surface area (Å²) >= 11 is 1.77. The largest absolute Gasteiger partial charge is 0.381 e. The van der Waals surface area contributed by atoms with Crippen LogP contribution in [0.15, 0.2) is 0 Å². The van der Waals surface area contributed by atoms with Crippen molar-refractivity contribution in [2.45, 2.75) is 38.6 Å². The summed E-state index contributed by atoms with van der Waals surface area (Å²) < 4.78 is 5.49. The molecule has 0 aromatic carbocycles. The van der Waals surface area contributed by atoms with Gasteiger partial charge >= 0.3 is 0 Å². The van der Waals surface area contributed by atoms with Crippen molar-refractivity contribution in [2.75, 3.05) is 13.2 Å². The smallest absolute Gasteiger partial charge is 0.0985 e. The van der Waals surface area contributed by atoms with Crippen LogP contribution in [0.5, 0.6) is 0 Å². The topological polar surface area (TPSA) is 48.1 Å². The van der Waals surface area contributed by atoms with Crippen LogP contribution in [0.2, 0.25) is 0 Å². The number of nitrogens with zero attached hydrogens (tertiary/aromatic N) is 1. The molecule has 4 heteroatoms. The first kappa shape index (κ1) is 11.0. The van der Waals surface area contributed by atoms with E-state index in [1.165, 1.54) is 22.0 Å². The fraction of sp³-hybridized carbons (Fsp3) is 0.727. The second-order valence-corrected chi connectivity index (χ2v) is 5.01. The lowest BCUT2D eigenvalue weighted by Gasteiger charge is -2.19. The highest BCUT2D eigenvalue weighted by Gasteiger charge is 2.20. The molecule has 2 heterocycles. The van der Waals surface area contributed by atoms with Crippen LogP contribution >= 0.6 is 11.3 Å². The highest BCUT2D eigenvalue weighted by atomic mass is 32.1. The van der Waals surface area contributed by atoms with Gasteiger partial charge in [0.1, 0.15) is 0 Å². The van der Waals surface area contributed by atoms with E-state index in [-0.39, 0.29) is 0 Å². The van der Waals surface area contributed by atoms with Crippen LogP contribution in [-0.4, -0.2) is 18.2 Å². The van der Waals surface area contributed by atoms with Crippen LogP contribution in [0.1, 0.15) is 41.3 Å². The monoisotopic (exact) mass is 226 g/mol. The van der Waals surface area contributed by atoms with Crippen molar-refractivity contribution in [3.05, 3.63) is 15.6 Å². The molecule has 1 aliphatic rings. The van der Waals surface area contributed by atoms with E-state index in [1.807, 2.05) is 0 Å². The molecule has 1 aromatic rings. The molecule has 1 aliphatic heterocycles. The normalized spacial score (nSPS) is 21.9. The van der Waals surface area contributed by atoms with Crippen molar-refractivity contribution in [3.63, 3.8) is 0 Å². The van der Waals surface area contributed by atoms with E-state index in [2.05, 4.69) is 11.9 Å². The van der Waals surface area contributed by atoms with Gasteiger partial charge in [-0.15, -0.1) is 11.3 Å². The standard InChI is InChI=1S/C11H18N2OS/c1-2-9-10(6-12)15-11(13-9)8-4-3-5-14-7-8/h8H,2-7,12H2,1H3. The van der Waals surface area contributed by atoms with Gasteiger partial charge in [0, 0.05) is 23.9 Å². The van der Waals surface area contributed by atoms with E-state index in [0.717, 1.165) is 26.1 Å². The lowest BCUT2D eigenvalue weighted by Crippen LogP contribution is -2.15. The zero-order chi connectivity index (χ0) is 10.7. The summed E-state index contributed by atoms with van der Waals surface area (Å²) in [7, 11) is 0. The van der Waals surface area contributed by atoms with E-state index in [1.54, 1.807) is 11.3 Å². The van der Waals surface area contributed by atoms with Crippen LogP contribution in [0, 0.1) is 0 Å². The molecule has 0 amide bonds. The summed E-state index contributed by atoms with van der Waals surface area (Å²) in [5, 5.41) is 1.23. The zero-order valence-electron chi connectivity index (χ0n) is 9.16. The van der Waals surface area contributed by atoms with Gasteiger partial charge in [-0.2, -0.15) is 0 Å². The molecule has 1 saturated heterocycles. The van der Waals surface area contributed by atoms with Crippen LogP contribution in [0.25, 0.3) is 0 Å². The Balaban J connectivity index is 2.16. The van der Waals surface area contributed by atoms with Gasteiger partial charge in [-0.3, -0.25) is 0 Å². The Morgan fingerprint density at radius 1 is 1.60 bits per heavy atom. The third-order valence-corrected chi connectivity index (χ3v) is 4.11. The van der Waals surface area contributed by atoms with Gasteiger partial charge < -0.3 is 10.5 Å². The number of aryl methyl sites for hydroxylation is 1. The SMILES string of the molecule is CCc1nc(C2CCCOC2)sc1CN. The van der Waals surface area contributed by atoms with E-state index < -0.39 is 0 Å². The molecular weight excluding hydrogens is 208 g/mol. The Labute approximate surface area is 94.7 Å². The Morgan fingerprint density at radius 2 is 2.47 bits per heavy atom. The van der Waals surface area contributed by atoms with Crippen molar-refractivity contribution in [2.24, 2.45) is 5.73 Å². The van der Waals surface area contributed by atoms with Crippen molar-refractivity contribution >= 4 is 11.3 Å². The second kappa shape index (κ2) is 5.05. The molecule has 0 saturated carbocycles. The molecule has 0 radical (unpaired) electrons. The van der Waals surface area contributed by atoms with E-state index in [0.29, 0.717) is 12.5 Å². The molecule has 3 nitrogen and oxygen atoms in total. The van der Waals surface area contributed by atoms with Gasteiger partial charge in [-0.1, -0.05) is 6.92 Å². The summed E-state index contributed by atoms with van der Waals surface area (Å²) in [5.74, 6) is 0.509. The predicted octanol–water partition coefficient (Wildman–Crippen LogP) is 2.06. The Kier molecular flexibility index (Phi) is 3.72. The molecule has 1 aromatic heterocycles. The zero-order valence-corrected chi connectivity index (χ0v) is 9.98. The average molecular weight is 226 g/mol. The van der Waals surface area contributed by atoms with Crippen molar-refractivity contribution in [1.82, 2.24) is 4.98 Å². The number of hydrogen-bond donors (Lipinski definition) is 1. The highest BCUT2D eigenvalue weighted by molar-refractivity contribution is 7.11. The van der Waals surface area contributed by atoms with Gasteiger partial charge in [-0.05, 0) is 19.3 Å². The predicted molar refractivity (Wildman–Crippen MR) is 62.2 cm³/mol. The van der Waals surface area contributed by atoms with Crippen molar-refractivity contribution < 1.29 is 4.74 Å². The van der Waals surface area contributed by atoms with Gasteiger partial charge in [0.15, 0.2) is 0 Å². The van der Waals surface area contributed by atoms with Crippen LogP contribution in [-0.2, 0) is 17.7 Å². The van der Waals surface area contributed by atoms with Crippen LogP contribution in [0.4, 0.5) is 0 Å². The molecule has 15 heavy (non-hydrogen) atoms. The van der Waals surface area contributed by atoms with E-state index >= 15 is 0 Å². The molecule has 1 atom stereocenters. The van der Waals surface area contributed by atoms with Gasteiger partial charge in [0.2, 0.25) is 0 Å². The minimum absolute atomic E-state index is 0.509. The maximum absolute atomic E-state index is 5.71. The first-order valence-corrected chi connectivity index (χ1v) is 6.43. The highest BCUT2D eigenvalue weighted by Crippen LogP contribution is 2.30. The third kappa shape index (κ3) is 2.38. The lowest BCUT2D eigenvalue weighted by atomic mass is 10.0. The molecular formula is C11H18N2OS. The molecule has 0 spiro atoms. The molecule has 2 rings (SSSR count). The number of thiazole rings is 1. The Morgan fingerprint density at radius 3 is 3.00 bits per heavy atom. The van der Waals surface area contributed by atoms with Crippen LogP contribution < -0.4 is 5.73 Å². The Hall–Kier alpha value is -0.450. The summed E-state index contributed by atoms with van der Waals surface area (Å²) in [6, 6.07) is 0. The Bertz CT molecular complexity index is 297. The first-order chi connectivity index (χ1) is 7.35. The number of rotatable bonds is 3. The molecule has 84 valence electrons. The molecule has 1 unspecified atom stereocenters. The molecule has 0 bridgehead atoms. The number of aromatic nitrogens is 1. The van der Waals surface area contributed by atoms with Gasteiger partial charge in [0.25, 0.3) is 0 Å². The van der Waals surface area contributed by atoms with E-state index in [4.69, 9.17) is 10.5 Å². The van der Waals surface area contributed by atoms with Crippen molar-refractivity contribution in [1.29, 1.82) is 0 Å². The summed E-state index contributed by atoms with van der Waals surface area (Å²) in [4.78, 5) is 5.93. The lowest BCUT2D eigenvalue weighted by molar-refractivity contribution is 0.0803. The number of hydrogen-bond acceptors (Lipinski definition) is 4. The summed E-state index contributed by atoms with van der Waals surface area (Å²) in [6.07, 6.45) is 3.35. The second-order valence-electron chi connectivity index (χ2n) is 3.89. The third-order valence-electron chi connectivity index (χ3n) is 2.82. The minimum atomic E-state index is 0.509. The maximum atomic E-state index is 5.71. The van der Waals surface area contributed by atoms with E-state index in [9.17, 15) is 0 Å². The van der Waals surface area contributed by atoms with Crippen LogP contribution in [0.3, 0.4) is 0 Å². The average Bonchev–Trinajstić information content (AvgIpc) is 2.73.